The van der Waals surface area contributed by atoms with Crippen molar-refractivity contribution in [3.8, 4) is 5.88 Å². The van der Waals surface area contributed by atoms with Gasteiger partial charge in [-0.15, -0.1) is 0 Å². The zero-order valence-electron chi connectivity index (χ0n) is 8.04. The largest absolute Gasteiger partial charge is 0.481 e. The second kappa shape index (κ2) is 3.56. The third-order valence-corrected chi connectivity index (χ3v) is 1.92. The number of carboxylic acids is 1. The standard InChI is InChI=1S/C9H9N3O3/c1-15-9-8-11-6(4-7(13)14)5-12(8)3-2-10-9/h2-3,5H,4H2,1H3,(H,13,14). The summed E-state index contributed by atoms with van der Waals surface area (Å²) >= 11 is 0. The molecule has 6 heteroatoms. The minimum atomic E-state index is -0.912. The van der Waals surface area contributed by atoms with Crippen molar-refractivity contribution in [1.29, 1.82) is 0 Å². The smallest absolute Gasteiger partial charge is 0.309 e. The van der Waals surface area contributed by atoms with Crippen molar-refractivity contribution in [3.63, 3.8) is 0 Å². The molecule has 2 aromatic heterocycles. The van der Waals surface area contributed by atoms with E-state index in [1.165, 1.54) is 7.11 Å². The van der Waals surface area contributed by atoms with Crippen LogP contribution in [0.3, 0.4) is 0 Å². The van der Waals surface area contributed by atoms with Gasteiger partial charge >= 0.3 is 5.97 Å². The number of fused-ring (bicyclic) bond motifs is 1. The first-order chi connectivity index (χ1) is 7.20. The van der Waals surface area contributed by atoms with Crippen molar-refractivity contribution in [2.75, 3.05) is 7.11 Å². The molecule has 15 heavy (non-hydrogen) atoms. The molecule has 1 N–H and O–H groups in total. The van der Waals surface area contributed by atoms with Crippen LogP contribution in [0.15, 0.2) is 18.6 Å². The Morgan fingerprint density at radius 3 is 3.13 bits per heavy atom. The summed E-state index contributed by atoms with van der Waals surface area (Å²) in [6.45, 7) is 0. The first-order valence-electron chi connectivity index (χ1n) is 4.29. The van der Waals surface area contributed by atoms with Crippen molar-refractivity contribution in [3.05, 3.63) is 24.3 Å². The molecule has 0 aromatic carbocycles. The molecule has 0 fully saturated rings. The van der Waals surface area contributed by atoms with Crippen molar-refractivity contribution in [2.24, 2.45) is 0 Å². The molecule has 0 aliphatic heterocycles. The molecular formula is C9H9N3O3. The molecule has 2 aromatic rings. The number of nitrogens with zero attached hydrogens (tertiary/aromatic N) is 3. The lowest BCUT2D eigenvalue weighted by molar-refractivity contribution is -0.136. The van der Waals surface area contributed by atoms with Gasteiger partial charge in [0.2, 0.25) is 5.65 Å². The molecule has 0 atom stereocenters. The molecule has 0 unspecified atom stereocenters. The molecule has 0 aliphatic rings. The second-order valence-electron chi connectivity index (χ2n) is 2.97. The maximum absolute atomic E-state index is 10.5. The van der Waals surface area contributed by atoms with Crippen LogP contribution in [0.1, 0.15) is 5.69 Å². The molecule has 2 heterocycles. The zero-order valence-corrected chi connectivity index (χ0v) is 8.04. The summed E-state index contributed by atoms with van der Waals surface area (Å²) in [7, 11) is 1.49. The lowest BCUT2D eigenvalue weighted by Gasteiger charge is -1.98. The number of rotatable bonds is 3. The number of hydrogen-bond acceptors (Lipinski definition) is 4. The molecule has 0 spiro atoms. The second-order valence-corrected chi connectivity index (χ2v) is 2.97. The SMILES string of the molecule is COc1nccn2cc(CC(=O)O)nc12. The third kappa shape index (κ3) is 1.74. The summed E-state index contributed by atoms with van der Waals surface area (Å²) < 4.78 is 6.69. The van der Waals surface area contributed by atoms with Gasteiger partial charge in [-0.05, 0) is 0 Å². The van der Waals surface area contributed by atoms with Gasteiger partial charge in [-0.1, -0.05) is 0 Å². The highest BCUT2D eigenvalue weighted by Gasteiger charge is 2.09. The van der Waals surface area contributed by atoms with Crippen LogP contribution in [0, 0.1) is 0 Å². The highest BCUT2D eigenvalue weighted by Crippen LogP contribution is 2.15. The van der Waals surface area contributed by atoms with Crippen molar-refractivity contribution in [1.82, 2.24) is 14.4 Å². The fraction of sp³-hybridized carbons (Fsp3) is 0.222. The number of carbonyl (C=O) groups is 1. The number of ether oxygens (including phenoxy) is 1. The number of hydrogen-bond donors (Lipinski definition) is 1. The number of aromatic nitrogens is 3. The van der Waals surface area contributed by atoms with Gasteiger partial charge in [0.05, 0.1) is 19.2 Å². The quantitative estimate of drug-likeness (QED) is 0.786. The molecule has 0 saturated carbocycles. The summed E-state index contributed by atoms with van der Waals surface area (Å²) in [6.07, 6.45) is 4.80. The Morgan fingerprint density at radius 2 is 2.47 bits per heavy atom. The van der Waals surface area contributed by atoms with Crippen molar-refractivity contribution >= 4 is 11.6 Å². The first kappa shape index (κ1) is 9.45. The van der Waals surface area contributed by atoms with E-state index in [1.54, 1.807) is 23.0 Å². The highest BCUT2D eigenvalue weighted by molar-refractivity contribution is 5.70. The van der Waals surface area contributed by atoms with E-state index in [0.29, 0.717) is 17.2 Å². The molecule has 0 aliphatic carbocycles. The number of carboxylic acid groups (broad SMARTS) is 1. The van der Waals surface area contributed by atoms with Crippen LogP contribution in [0.25, 0.3) is 5.65 Å². The average Bonchev–Trinajstić information content (AvgIpc) is 2.58. The minimum absolute atomic E-state index is 0.106. The van der Waals surface area contributed by atoms with E-state index >= 15 is 0 Å². The maximum Gasteiger partial charge on any atom is 0.309 e. The number of aliphatic carboxylic acids is 1. The van der Waals surface area contributed by atoms with E-state index in [0.717, 1.165) is 0 Å². The Bertz CT molecular complexity index is 506. The third-order valence-electron chi connectivity index (χ3n) is 1.92. The van der Waals surface area contributed by atoms with Crippen LogP contribution < -0.4 is 4.74 Å². The van der Waals surface area contributed by atoms with Crippen LogP contribution in [0.5, 0.6) is 5.88 Å². The van der Waals surface area contributed by atoms with Crippen LogP contribution >= 0.6 is 0 Å². The van der Waals surface area contributed by atoms with Gasteiger partial charge in [0.25, 0.3) is 5.88 Å². The molecule has 0 saturated heterocycles. The Kier molecular flexibility index (Phi) is 2.24. The predicted molar refractivity (Wildman–Crippen MR) is 50.9 cm³/mol. The molecular weight excluding hydrogens is 198 g/mol. The van der Waals surface area contributed by atoms with Crippen molar-refractivity contribution < 1.29 is 14.6 Å². The maximum atomic E-state index is 10.5. The van der Waals surface area contributed by atoms with E-state index in [2.05, 4.69) is 9.97 Å². The van der Waals surface area contributed by atoms with Gasteiger partial charge in [-0.3, -0.25) is 4.79 Å². The average molecular weight is 207 g/mol. The number of methoxy groups -OCH3 is 1. The van der Waals surface area contributed by atoms with E-state index in [9.17, 15) is 4.79 Å². The molecule has 0 radical (unpaired) electrons. The van der Waals surface area contributed by atoms with Crippen LogP contribution in [0.2, 0.25) is 0 Å². The zero-order chi connectivity index (χ0) is 10.8. The normalized spacial score (nSPS) is 10.5. The van der Waals surface area contributed by atoms with Gasteiger partial charge in [-0.2, -0.15) is 0 Å². The van der Waals surface area contributed by atoms with E-state index in [-0.39, 0.29) is 6.42 Å². The van der Waals surface area contributed by atoms with Crippen molar-refractivity contribution in [2.45, 2.75) is 6.42 Å². The minimum Gasteiger partial charge on any atom is -0.481 e. The Balaban J connectivity index is 2.50. The summed E-state index contributed by atoms with van der Waals surface area (Å²) in [5.41, 5.74) is 1.00. The summed E-state index contributed by atoms with van der Waals surface area (Å²) in [5, 5.41) is 8.62. The monoisotopic (exact) mass is 207 g/mol. The van der Waals surface area contributed by atoms with Gasteiger partial charge in [0, 0.05) is 18.6 Å². The molecule has 6 nitrogen and oxygen atoms in total. The van der Waals surface area contributed by atoms with Gasteiger partial charge < -0.3 is 14.2 Å². The first-order valence-corrected chi connectivity index (χ1v) is 4.29. The topological polar surface area (TPSA) is 76.7 Å². The fourth-order valence-corrected chi connectivity index (χ4v) is 1.33. The fourth-order valence-electron chi connectivity index (χ4n) is 1.33. The lowest BCUT2D eigenvalue weighted by atomic mass is 10.3. The predicted octanol–water partition coefficient (Wildman–Crippen LogP) is 0.365. The van der Waals surface area contributed by atoms with E-state index in [1.807, 2.05) is 0 Å². The lowest BCUT2D eigenvalue weighted by Crippen LogP contribution is -1.99. The van der Waals surface area contributed by atoms with Crippen LogP contribution in [0.4, 0.5) is 0 Å². The summed E-state index contributed by atoms with van der Waals surface area (Å²) in [6, 6.07) is 0. The van der Waals surface area contributed by atoms with Crippen LogP contribution in [-0.4, -0.2) is 32.6 Å². The molecule has 2 rings (SSSR count). The molecule has 78 valence electrons. The van der Waals surface area contributed by atoms with E-state index in [4.69, 9.17) is 9.84 Å². The van der Waals surface area contributed by atoms with Gasteiger partial charge in [-0.25, -0.2) is 9.97 Å². The summed E-state index contributed by atoms with van der Waals surface area (Å²) in [4.78, 5) is 18.6. The van der Waals surface area contributed by atoms with E-state index < -0.39 is 5.97 Å². The Morgan fingerprint density at radius 1 is 1.67 bits per heavy atom. The highest BCUT2D eigenvalue weighted by atomic mass is 16.5. The van der Waals surface area contributed by atoms with Gasteiger partial charge in [0.15, 0.2) is 0 Å². The molecule has 0 bridgehead atoms. The Hall–Kier alpha value is -2.11. The van der Waals surface area contributed by atoms with Crippen LogP contribution in [-0.2, 0) is 11.2 Å². The number of imidazole rings is 1. The molecule has 0 amide bonds. The Labute approximate surface area is 85.2 Å². The van der Waals surface area contributed by atoms with Gasteiger partial charge in [0.1, 0.15) is 0 Å². The summed E-state index contributed by atoms with van der Waals surface area (Å²) in [5.74, 6) is -0.528.